The van der Waals surface area contributed by atoms with E-state index in [1.807, 2.05) is 4.90 Å². The van der Waals surface area contributed by atoms with Crippen molar-refractivity contribution in [1.82, 2.24) is 4.31 Å². The van der Waals surface area contributed by atoms with Crippen LogP contribution in [0.15, 0.2) is 47.4 Å². The Bertz CT molecular complexity index is 960. The first-order chi connectivity index (χ1) is 12.8. The minimum Gasteiger partial charge on any atom is -0.465 e. The Morgan fingerprint density at radius 3 is 2.41 bits per heavy atom. The molecule has 6 nitrogen and oxygen atoms in total. The first-order valence-corrected chi connectivity index (χ1v) is 10.0. The third kappa shape index (κ3) is 3.92. The molecule has 1 heterocycles. The standard InChI is InChI=1S/C18H18ClFN2O4S/c1-26-18(23)14-12-13(6-7-15(14)19)27(24,25)22-10-8-21(9-11-22)17-5-3-2-4-16(17)20/h2-7,12H,8-11H2,1H3. The molecular formula is C18H18ClFN2O4S. The zero-order chi connectivity index (χ0) is 19.6. The molecule has 2 aromatic rings. The third-order valence-corrected chi connectivity index (χ3v) is 6.64. The molecule has 0 spiro atoms. The van der Waals surface area contributed by atoms with Crippen molar-refractivity contribution >= 4 is 33.3 Å². The van der Waals surface area contributed by atoms with Gasteiger partial charge in [0.05, 0.1) is 28.3 Å². The van der Waals surface area contributed by atoms with Gasteiger partial charge >= 0.3 is 5.97 Å². The quantitative estimate of drug-likeness (QED) is 0.722. The SMILES string of the molecule is COC(=O)c1cc(S(=O)(=O)N2CCN(c3ccccc3F)CC2)ccc1Cl. The zero-order valence-corrected chi connectivity index (χ0v) is 16.1. The van der Waals surface area contributed by atoms with Crippen molar-refractivity contribution in [1.29, 1.82) is 0 Å². The van der Waals surface area contributed by atoms with Gasteiger partial charge in [-0.25, -0.2) is 17.6 Å². The van der Waals surface area contributed by atoms with Crippen LogP contribution in [-0.2, 0) is 14.8 Å². The molecule has 0 bridgehead atoms. The molecule has 0 unspecified atom stereocenters. The molecule has 1 fully saturated rings. The number of hydrogen-bond acceptors (Lipinski definition) is 5. The number of benzene rings is 2. The highest BCUT2D eigenvalue weighted by molar-refractivity contribution is 7.89. The average Bonchev–Trinajstić information content (AvgIpc) is 2.68. The van der Waals surface area contributed by atoms with Gasteiger partial charge in [0, 0.05) is 26.2 Å². The summed E-state index contributed by atoms with van der Waals surface area (Å²) in [5.74, 6) is -1.05. The van der Waals surface area contributed by atoms with E-state index < -0.39 is 16.0 Å². The van der Waals surface area contributed by atoms with Crippen molar-refractivity contribution in [3.63, 3.8) is 0 Å². The van der Waals surface area contributed by atoms with Crippen LogP contribution in [0.4, 0.5) is 10.1 Å². The van der Waals surface area contributed by atoms with E-state index >= 15 is 0 Å². The molecule has 0 amide bonds. The summed E-state index contributed by atoms with van der Waals surface area (Å²) >= 11 is 5.96. The van der Waals surface area contributed by atoms with Gasteiger partial charge < -0.3 is 9.64 Å². The van der Waals surface area contributed by atoms with Crippen molar-refractivity contribution in [2.24, 2.45) is 0 Å². The smallest absolute Gasteiger partial charge is 0.339 e. The van der Waals surface area contributed by atoms with E-state index in [1.165, 1.54) is 35.7 Å². The molecule has 0 aliphatic carbocycles. The van der Waals surface area contributed by atoms with Gasteiger partial charge in [0.25, 0.3) is 0 Å². The summed E-state index contributed by atoms with van der Waals surface area (Å²) < 4.78 is 45.7. The minimum absolute atomic E-state index is 0.00904. The number of esters is 1. The Labute approximate surface area is 162 Å². The first kappa shape index (κ1) is 19.6. The highest BCUT2D eigenvalue weighted by Gasteiger charge is 2.30. The van der Waals surface area contributed by atoms with Crippen LogP contribution in [0.1, 0.15) is 10.4 Å². The van der Waals surface area contributed by atoms with E-state index in [0.29, 0.717) is 18.8 Å². The molecule has 27 heavy (non-hydrogen) atoms. The fourth-order valence-corrected chi connectivity index (χ4v) is 4.60. The molecule has 1 aliphatic rings. The third-order valence-electron chi connectivity index (χ3n) is 4.41. The molecule has 0 N–H and O–H groups in total. The van der Waals surface area contributed by atoms with Gasteiger partial charge in [0.1, 0.15) is 5.82 Å². The number of anilines is 1. The number of methoxy groups -OCH3 is 1. The predicted molar refractivity (Wildman–Crippen MR) is 100 cm³/mol. The number of para-hydroxylation sites is 1. The summed E-state index contributed by atoms with van der Waals surface area (Å²) in [4.78, 5) is 13.5. The van der Waals surface area contributed by atoms with Gasteiger partial charge in [-0.2, -0.15) is 4.31 Å². The number of ether oxygens (including phenoxy) is 1. The lowest BCUT2D eigenvalue weighted by Gasteiger charge is -2.35. The summed E-state index contributed by atoms with van der Waals surface area (Å²) in [6.45, 7) is 1.12. The normalized spacial score (nSPS) is 15.6. The molecule has 2 aromatic carbocycles. The zero-order valence-electron chi connectivity index (χ0n) is 14.6. The maximum absolute atomic E-state index is 13.9. The number of hydrogen-bond donors (Lipinski definition) is 0. The predicted octanol–water partition coefficient (Wildman–Crippen LogP) is 2.78. The molecule has 9 heteroatoms. The van der Waals surface area contributed by atoms with Crippen LogP contribution < -0.4 is 4.90 Å². The minimum atomic E-state index is -3.81. The fraction of sp³-hybridized carbons (Fsp3) is 0.278. The second-order valence-corrected chi connectivity index (χ2v) is 8.32. The Hall–Kier alpha value is -2.16. The molecular weight excluding hydrogens is 395 g/mol. The number of nitrogens with zero attached hydrogens (tertiary/aromatic N) is 2. The second-order valence-electron chi connectivity index (χ2n) is 5.98. The highest BCUT2D eigenvalue weighted by atomic mass is 35.5. The maximum atomic E-state index is 13.9. The lowest BCUT2D eigenvalue weighted by Crippen LogP contribution is -2.48. The average molecular weight is 413 g/mol. The molecule has 0 atom stereocenters. The largest absolute Gasteiger partial charge is 0.465 e. The number of sulfonamides is 1. The van der Waals surface area contributed by atoms with E-state index in [9.17, 15) is 17.6 Å². The van der Waals surface area contributed by atoms with Crippen LogP contribution in [0.25, 0.3) is 0 Å². The van der Waals surface area contributed by atoms with Gasteiger partial charge in [-0.3, -0.25) is 0 Å². The maximum Gasteiger partial charge on any atom is 0.339 e. The van der Waals surface area contributed by atoms with Gasteiger partial charge in [0.2, 0.25) is 10.0 Å². The lowest BCUT2D eigenvalue weighted by molar-refractivity contribution is 0.0600. The molecule has 144 valence electrons. The number of rotatable bonds is 4. The number of carbonyl (C=O) groups is 1. The highest BCUT2D eigenvalue weighted by Crippen LogP contribution is 2.26. The Kier molecular flexibility index (Phi) is 5.69. The summed E-state index contributed by atoms with van der Waals surface area (Å²) in [5.41, 5.74) is 0.444. The topological polar surface area (TPSA) is 66.9 Å². The first-order valence-electron chi connectivity index (χ1n) is 8.22. The Morgan fingerprint density at radius 2 is 1.78 bits per heavy atom. The van der Waals surface area contributed by atoms with Crippen LogP contribution in [0, 0.1) is 5.82 Å². The van der Waals surface area contributed by atoms with Crippen molar-refractivity contribution < 1.29 is 22.3 Å². The Balaban J connectivity index is 1.79. The molecule has 0 radical (unpaired) electrons. The van der Waals surface area contributed by atoms with E-state index in [1.54, 1.807) is 18.2 Å². The van der Waals surface area contributed by atoms with Crippen molar-refractivity contribution in [2.75, 3.05) is 38.2 Å². The van der Waals surface area contributed by atoms with Gasteiger partial charge in [-0.15, -0.1) is 0 Å². The van der Waals surface area contributed by atoms with Crippen molar-refractivity contribution in [2.45, 2.75) is 4.90 Å². The summed E-state index contributed by atoms with van der Waals surface area (Å²) in [6.07, 6.45) is 0. The van der Waals surface area contributed by atoms with Gasteiger partial charge in [-0.05, 0) is 30.3 Å². The van der Waals surface area contributed by atoms with Crippen molar-refractivity contribution in [3.8, 4) is 0 Å². The number of halogens is 2. The number of carbonyl (C=O) groups excluding carboxylic acids is 1. The Morgan fingerprint density at radius 1 is 1.11 bits per heavy atom. The van der Waals surface area contributed by atoms with E-state index in [4.69, 9.17) is 11.6 Å². The van der Waals surface area contributed by atoms with Crippen LogP contribution in [0.3, 0.4) is 0 Å². The van der Waals surface area contributed by atoms with Crippen molar-refractivity contribution in [3.05, 3.63) is 58.9 Å². The number of piperazine rings is 1. The molecule has 3 rings (SSSR count). The second kappa shape index (κ2) is 7.84. The van der Waals surface area contributed by atoms with Crippen LogP contribution in [0.5, 0.6) is 0 Å². The molecule has 0 saturated carbocycles. The van der Waals surface area contributed by atoms with E-state index in [0.717, 1.165) is 0 Å². The lowest BCUT2D eigenvalue weighted by atomic mass is 10.2. The van der Waals surface area contributed by atoms with Gasteiger partial charge in [-0.1, -0.05) is 23.7 Å². The molecule has 1 saturated heterocycles. The molecule has 0 aromatic heterocycles. The molecule has 1 aliphatic heterocycles. The fourth-order valence-electron chi connectivity index (χ4n) is 2.96. The summed E-state index contributed by atoms with van der Waals surface area (Å²) in [5, 5.41) is 0.116. The van der Waals surface area contributed by atoms with E-state index in [2.05, 4.69) is 4.74 Å². The summed E-state index contributed by atoms with van der Waals surface area (Å²) in [6, 6.07) is 10.3. The van der Waals surface area contributed by atoms with Crippen LogP contribution >= 0.6 is 11.6 Å². The van der Waals surface area contributed by atoms with Gasteiger partial charge in [0.15, 0.2) is 0 Å². The van der Waals surface area contributed by atoms with E-state index in [-0.39, 0.29) is 34.4 Å². The van der Waals surface area contributed by atoms with Crippen LogP contribution in [-0.4, -0.2) is 52.0 Å². The van der Waals surface area contributed by atoms with Crippen LogP contribution in [0.2, 0.25) is 5.02 Å². The monoisotopic (exact) mass is 412 g/mol. The summed E-state index contributed by atoms with van der Waals surface area (Å²) in [7, 11) is -2.62.